The zero-order chi connectivity index (χ0) is 16.8. The largest absolute Gasteiger partial charge is 0.320 e. The predicted molar refractivity (Wildman–Crippen MR) is 105 cm³/mol. The van der Waals surface area contributed by atoms with E-state index >= 15 is 0 Å². The highest BCUT2D eigenvalue weighted by Crippen LogP contribution is 2.43. The Morgan fingerprint density at radius 2 is 1.92 bits per heavy atom. The van der Waals surface area contributed by atoms with Gasteiger partial charge < -0.3 is 5.32 Å². The Hall–Kier alpha value is -1.98. The molecule has 1 aliphatic rings. The summed E-state index contributed by atoms with van der Waals surface area (Å²) in [5.41, 5.74) is 5.36. The number of amides is 1. The van der Waals surface area contributed by atoms with Crippen molar-refractivity contribution in [3.05, 3.63) is 68.2 Å². The highest BCUT2D eigenvalue weighted by Gasteiger charge is 2.29. The monoisotopic (exact) mass is 442 g/mol. The lowest BCUT2D eigenvalue weighted by atomic mass is 9.98. The Kier molecular flexibility index (Phi) is 3.77. The standard InChI is InChI=1S/C19H12Br2N2O/c1-10-14(20)9-15(21)18-17(10)13(19(24)23-18)8-11-6-7-22-16-5-3-2-4-12(11)16/h2-9H,1H3,(H,23,24). The molecule has 24 heavy (non-hydrogen) atoms. The molecule has 1 amide bonds. The van der Waals surface area contributed by atoms with Gasteiger partial charge in [-0.15, -0.1) is 0 Å². The van der Waals surface area contributed by atoms with Crippen LogP contribution in [-0.4, -0.2) is 10.9 Å². The van der Waals surface area contributed by atoms with Gasteiger partial charge in [-0.3, -0.25) is 9.78 Å². The van der Waals surface area contributed by atoms with E-state index in [9.17, 15) is 4.79 Å². The lowest BCUT2D eigenvalue weighted by molar-refractivity contribution is -0.110. The van der Waals surface area contributed by atoms with Crippen LogP contribution in [0, 0.1) is 6.92 Å². The highest BCUT2D eigenvalue weighted by molar-refractivity contribution is 9.11. The summed E-state index contributed by atoms with van der Waals surface area (Å²) in [5, 5.41) is 3.99. The molecule has 2 aromatic carbocycles. The Balaban J connectivity index is 1.98. The van der Waals surface area contributed by atoms with Crippen LogP contribution < -0.4 is 5.32 Å². The molecular weight excluding hydrogens is 432 g/mol. The van der Waals surface area contributed by atoms with Crippen molar-refractivity contribution in [2.45, 2.75) is 6.92 Å². The molecule has 3 nitrogen and oxygen atoms in total. The second kappa shape index (κ2) is 5.83. The van der Waals surface area contributed by atoms with Crippen LogP contribution in [-0.2, 0) is 4.79 Å². The number of hydrogen-bond acceptors (Lipinski definition) is 2. The van der Waals surface area contributed by atoms with Crippen molar-refractivity contribution >= 4 is 66.0 Å². The quantitative estimate of drug-likeness (QED) is 0.500. The minimum Gasteiger partial charge on any atom is -0.320 e. The van der Waals surface area contributed by atoms with Gasteiger partial charge in [-0.25, -0.2) is 0 Å². The number of anilines is 1. The minimum atomic E-state index is -0.0900. The maximum Gasteiger partial charge on any atom is 0.256 e. The lowest BCUT2D eigenvalue weighted by Gasteiger charge is -2.09. The van der Waals surface area contributed by atoms with Crippen molar-refractivity contribution in [2.24, 2.45) is 0 Å². The molecule has 1 aliphatic heterocycles. The van der Waals surface area contributed by atoms with E-state index in [0.29, 0.717) is 5.57 Å². The van der Waals surface area contributed by atoms with Gasteiger partial charge >= 0.3 is 0 Å². The average Bonchev–Trinajstić information content (AvgIpc) is 2.91. The van der Waals surface area contributed by atoms with Crippen LogP contribution in [0.4, 0.5) is 5.69 Å². The number of benzene rings is 2. The third kappa shape index (κ3) is 2.39. The number of hydrogen-bond donors (Lipinski definition) is 1. The van der Waals surface area contributed by atoms with E-state index in [2.05, 4.69) is 42.2 Å². The van der Waals surface area contributed by atoms with E-state index in [1.54, 1.807) is 6.20 Å². The molecule has 0 spiro atoms. The fourth-order valence-corrected chi connectivity index (χ4v) is 4.27. The maximum atomic E-state index is 12.6. The highest BCUT2D eigenvalue weighted by atomic mass is 79.9. The molecule has 1 N–H and O–H groups in total. The van der Waals surface area contributed by atoms with Gasteiger partial charge in [-0.2, -0.15) is 0 Å². The van der Waals surface area contributed by atoms with Gasteiger partial charge in [-0.1, -0.05) is 34.1 Å². The number of fused-ring (bicyclic) bond motifs is 2. The molecule has 0 saturated heterocycles. The summed E-state index contributed by atoms with van der Waals surface area (Å²) in [6, 6.07) is 11.8. The van der Waals surface area contributed by atoms with Crippen molar-refractivity contribution in [3.8, 4) is 0 Å². The lowest BCUT2D eigenvalue weighted by Crippen LogP contribution is -2.04. The van der Waals surface area contributed by atoms with Crippen LogP contribution in [0.3, 0.4) is 0 Å². The Labute approximate surface area is 156 Å². The fourth-order valence-electron chi connectivity index (χ4n) is 3.01. The Morgan fingerprint density at radius 3 is 2.75 bits per heavy atom. The second-order valence-electron chi connectivity index (χ2n) is 5.64. The van der Waals surface area contributed by atoms with Crippen LogP contribution >= 0.6 is 31.9 Å². The molecule has 5 heteroatoms. The van der Waals surface area contributed by atoms with E-state index in [1.807, 2.05) is 49.4 Å². The molecule has 0 atom stereocenters. The third-order valence-corrected chi connectivity index (χ3v) is 5.66. The number of pyridine rings is 1. The van der Waals surface area contributed by atoms with E-state index in [1.165, 1.54) is 0 Å². The Bertz CT molecular complexity index is 1040. The zero-order valence-electron chi connectivity index (χ0n) is 12.7. The summed E-state index contributed by atoms with van der Waals surface area (Å²) in [5.74, 6) is -0.0900. The molecular formula is C19H12Br2N2O. The summed E-state index contributed by atoms with van der Waals surface area (Å²) in [4.78, 5) is 16.9. The van der Waals surface area contributed by atoms with E-state index in [4.69, 9.17) is 0 Å². The molecule has 3 aromatic rings. The van der Waals surface area contributed by atoms with Crippen LogP contribution in [0.2, 0.25) is 0 Å². The Morgan fingerprint density at radius 1 is 1.12 bits per heavy atom. The van der Waals surface area contributed by atoms with Crippen molar-refractivity contribution in [1.29, 1.82) is 0 Å². The van der Waals surface area contributed by atoms with Crippen molar-refractivity contribution < 1.29 is 4.79 Å². The molecule has 0 bridgehead atoms. The predicted octanol–water partition coefficient (Wildman–Crippen LogP) is 5.56. The van der Waals surface area contributed by atoms with Gasteiger partial charge in [0.05, 0.1) is 11.2 Å². The van der Waals surface area contributed by atoms with Gasteiger partial charge in [0.1, 0.15) is 0 Å². The van der Waals surface area contributed by atoms with Gasteiger partial charge in [0.2, 0.25) is 0 Å². The number of rotatable bonds is 1. The number of halogens is 2. The SMILES string of the molecule is Cc1c(Br)cc(Br)c2c1C(=Cc1ccnc3ccccc13)C(=O)N2. The third-order valence-electron chi connectivity index (χ3n) is 4.21. The molecule has 1 aromatic heterocycles. The number of para-hydroxylation sites is 1. The summed E-state index contributed by atoms with van der Waals surface area (Å²) < 4.78 is 1.83. The van der Waals surface area contributed by atoms with Crippen LogP contribution in [0.25, 0.3) is 22.6 Å². The van der Waals surface area contributed by atoms with Gasteiger partial charge in [-0.05, 0) is 58.3 Å². The van der Waals surface area contributed by atoms with Crippen LogP contribution in [0.1, 0.15) is 16.7 Å². The zero-order valence-corrected chi connectivity index (χ0v) is 15.9. The molecule has 4 rings (SSSR count). The number of nitrogens with one attached hydrogen (secondary N) is 1. The number of carbonyl (C=O) groups is 1. The summed E-state index contributed by atoms with van der Waals surface area (Å²) in [6.07, 6.45) is 3.71. The van der Waals surface area contributed by atoms with Crippen molar-refractivity contribution in [2.75, 3.05) is 5.32 Å². The average molecular weight is 444 g/mol. The van der Waals surface area contributed by atoms with Gasteiger partial charge in [0.15, 0.2) is 0 Å². The molecule has 0 unspecified atom stereocenters. The first-order valence-electron chi connectivity index (χ1n) is 7.42. The summed E-state index contributed by atoms with van der Waals surface area (Å²) >= 11 is 7.10. The van der Waals surface area contributed by atoms with Crippen LogP contribution in [0.5, 0.6) is 0 Å². The summed E-state index contributed by atoms with van der Waals surface area (Å²) in [7, 11) is 0. The topological polar surface area (TPSA) is 42.0 Å². The van der Waals surface area contributed by atoms with E-state index in [0.717, 1.165) is 42.2 Å². The second-order valence-corrected chi connectivity index (χ2v) is 7.35. The van der Waals surface area contributed by atoms with Gasteiger partial charge in [0, 0.05) is 31.7 Å². The first-order valence-corrected chi connectivity index (χ1v) is 9.00. The fraction of sp³-hybridized carbons (Fsp3) is 0.0526. The van der Waals surface area contributed by atoms with E-state index in [-0.39, 0.29) is 5.91 Å². The molecule has 0 radical (unpaired) electrons. The first-order chi connectivity index (χ1) is 11.6. The molecule has 0 fully saturated rings. The molecule has 118 valence electrons. The van der Waals surface area contributed by atoms with Crippen LogP contribution in [0.15, 0.2) is 51.5 Å². The van der Waals surface area contributed by atoms with Crippen molar-refractivity contribution in [1.82, 2.24) is 4.98 Å². The minimum absolute atomic E-state index is 0.0900. The van der Waals surface area contributed by atoms with Crippen molar-refractivity contribution in [3.63, 3.8) is 0 Å². The molecule has 2 heterocycles. The molecule has 0 saturated carbocycles. The van der Waals surface area contributed by atoms with E-state index < -0.39 is 0 Å². The molecule has 0 aliphatic carbocycles. The maximum absolute atomic E-state index is 12.6. The number of aromatic nitrogens is 1. The first kappa shape index (κ1) is 15.5. The van der Waals surface area contributed by atoms with Gasteiger partial charge in [0.25, 0.3) is 5.91 Å². The summed E-state index contributed by atoms with van der Waals surface area (Å²) in [6.45, 7) is 2.01. The number of carbonyl (C=O) groups excluding carboxylic acids is 1. The number of nitrogens with zero attached hydrogens (tertiary/aromatic N) is 1. The smallest absolute Gasteiger partial charge is 0.256 e. The normalized spacial score (nSPS) is 15.0.